The van der Waals surface area contributed by atoms with Crippen LogP contribution in [0.4, 0.5) is 11.4 Å². The van der Waals surface area contributed by atoms with Gasteiger partial charge in [-0.15, -0.1) is 0 Å². The minimum absolute atomic E-state index is 0.0913. The summed E-state index contributed by atoms with van der Waals surface area (Å²) in [6.07, 6.45) is 2.06. The highest BCUT2D eigenvalue weighted by atomic mass is 16.3. The summed E-state index contributed by atoms with van der Waals surface area (Å²) in [5.41, 5.74) is 9.20. The molecule has 0 spiro atoms. The van der Waals surface area contributed by atoms with Crippen molar-refractivity contribution in [2.45, 2.75) is 25.9 Å². The van der Waals surface area contributed by atoms with Crippen LogP contribution < -0.4 is 10.6 Å². The van der Waals surface area contributed by atoms with Gasteiger partial charge < -0.3 is 15.7 Å². The predicted octanol–water partition coefficient (Wildman–Crippen LogP) is 1.78. The van der Waals surface area contributed by atoms with Crippen LogP contribution in [0.1, 0.15) is 18.4 Å². The minimum Gasteiger partial charge on any atom is -0.399 e. The molecule has 1 saturated carbocycles. The topological polar surface area (TPSA) is 49.5 Å². The molecule has 0 amide bonds. The Morgan fingerprint density at radius 2 is 2.12 bits per heavy atom. The highest BCUT2D eigenvalue weighted by Crippen LogP contribution is 2.40. The molecular formula is C14H20N2O. The third-order valence-electron chi connectivity index (χ3n) is 4.39. The first-order chi connectivity index (χ1) is 8.15. The SMILES string of the molecule is Cc1ccc(N)cc1N1CC2CCC(O)C2C1. The molecule has 0 radical (unpaired) electrons. The normalized spacial score (nSPS) is 31.9. The Balaban J connectivity index is 1.85. The summed E-state index contributed by atoms with van der Waals surface area (Å²) in [6.45, 7) is 4.18. The number of aliphatic hydroxyl groups excluding tert-OH is 1. The molecule has 2 fully saturated rings. The van der Waals surface area contributed by atoms with E-state index in [2.05, 4.69) is 24.0 Å². The maximum absolute atomic E-state index is 9.94. The van der Waals surface area contributed by atoms with Gasteiger partial charge in [-0.3, -0.25) is 0 Å². The molecule has 3 unspecified atom stereocenters. The van der Waals surface area contributed by atoms with Crippen LogP contribution in [-0.4, -0.2) is 24.3 Å². The summed E-state index contributed by atoms with van der Waals surface area (Å²) in [5, 5.41) is 9.94. The molecule has 1 aliphatic carbocycles. The van der Waals surface area contributed by atoms with E-state index >= 15 is 0 Å². The van der Waals surface area contributed by atoms with Gasteiger partial charge in [0, 0.05) is 30.4 Å². The molecule has 1 heterocycles. The van der Waals surface area contributed by atoms with Crippen molar-refractivity contribution in [3.8, 4) is 0 Å². The number of anilines is 2. The average molecular weight is 232 g/mol. The zero-order valence-corrected chi connectivity index (χ0v) is 10.3. The molecule has 3 rings (SSSR count). The van der Waals surface area contributed by atoms with Crippen molar-refractivity contribution >= 4 is 11.4 Å². The van der Waals surface area contributed by atoms with Crippen molar-refractivity contribution in [1.29, 1.82) is 0 Å². The smallest absolute Gasteiger partial charge is 0.0588 e. The zero-order chi connectivity index (χ0) is 12.0. The van der Waals surface area contributed by atoms with Gasteiger partial charge in [-0.25, -0.2) is 0 Å². The molecule has 3 atom stereocenters. The summed E-state index contributed by atoms with van der Waals surface area (Å²) in [5.74, 6) is 1.14. The van der Waals surface area contributed by atoms with Crippen LogP contribution in [0, 0.1) is 18.8 Å². The maximum Gasteiger partial charge on any atom is 0.0588 e. The molecule has 1 aromatic carbocycles. The van der Waals surface area contributed by atoms with Crippen molar-refractivity contribution in [1.82, 2.24) is 0 Å². The largest absolute Gasteiger partial charge is 0.399 e. The van der Waals surface area contributed by atoms with Crippen molar-refractivity contribution in [3.05, 3.63) is 23.8 Å². The van der Waals surface area contributed by atoms with Crippen molar-refractivity contribution in [3.63, 3.8) is 0 Å². The highest BCUT2D eigenvalue weighted by molar-refractivity contribution is 5.61. The number of hydrogen-bond acceptors (Lipinski definition) is 3. The molecule has 1 aliphatic heterocycles. The fourth-order valence-corrected chi connectivity index (χ4v) is 3.40. The van der Waals surface area contributed by atoms with Crippen molar-refractivity contribution in [2.75, 3.05) is 23.7 Å². The third-order valence-corrected chi connectivity index (χ3v) is 4.39. The number of benzene rings is 1. The average Bonchev–Trinajstić information content (AvgIpc) is 2.85. The summed E-state index contributed by atoms with van der Waals surface area (Å²) in [4.78, 5) is 2.39. The first-order valence-electron chi connectivity index (χ1n) is 6.44. The van der Waals surface area contributed by atoms with Crippen molar-refractivity contribution < 1.29 is 5.11 Å². The lowest BCUT2D eigenvalue weighted by atomic mass is 10.00. The second-order valence-corrected chi connectivity index (χ2v) is 5.52. The van der Waals surface area contributed by atoms with Gasteiger partial charge >= 0.3 is 0 Å². The zero-order valence-electron chi connectivity index (χ0n) is 10.3. The Bertz CT molecular complexity index is 432. The Labute approximate surface area is 102 Å². The lowest BCUT2D eigenvalue weighted by Gasteiger charge is -2.23. The summed E-state index contributed by atoms with van der Waals surface area (Å²) in [6, 6.07) is 6.09. The van der Waals surface area contributed by atoms with E-state index in [-0.39, 0.29) is 6.10 Å². The van der Waals surface area contributed by atoms with Gasteiger partial charge in [0.25, 0.3) is 0 Å². The molecule has 1 aromatic rings. The Morgan fingerprint density at radius 1 is 1.29 bits per heavy atom. The number of nitrogens with zero attached hydrogens (tertiary/aromatic N) is 1. The van der Waals surface area contributed by atoms with Crippen molar-refractivity contribution in [2.24, 2.45) is 11.8 Å². The molecule has 17 heavy (non-hydrogen) atoms. The quantitative estimate of drug-likeness (QED) is 0.726. The third kappa shape index (κ3) is 1.78. The van der Waals surface area contributed by atoms with Gasteiger partial charge in [-0.2, -0.15) is 0 Å². The summed E-state index contributed by atoms with van der Waals surface area (Å²) in [7, 11) is 0. The molecule has 3 nitrogen and oxygen atoms in total. The number of hydrogen-bond donors (Lipinski definition) is 2. The van der Waals surface area contributed by atoms with E-state index in [1.54, 1.807) is 0 Å². The molecule has 3 heteroatoms. The second kappa shape index (κ2) is 3.91. The monoisotopic (exact) mass is 232 g/mol. The highest BCUT2D eigenvalue weighted by Gasteiger charge is 2.42. The number of fused-ring (bicyclic) bond motifs is 1. The van der Waals surface area contributed by atoms with E-state index in [0.717, 1.165) is 25.2 Å². The van der Waals surface area contributed by atoms with E-state index in [0.29, 0.717) is 11.8 Å². The standard InChI is InChI=1S/C14H20N2O/c1-9-2-4-11(15)6-13(9)16-7-10-3-5-14(17)12(10)8-16/h2,4,6,10,12,14,17H,3,5,7-8,15H2,1H3. The Morgan fingerprint density at radius 3 is 2.88 bits per heavy atom. The van der Waals surface area contributed by atoms with Crippen LogP contribution in [-0.2, 0) is 0 Å². The summed E-state index contributed by atoms with van der Waals surface area (Å²) < 4.78 is 0. The van der Waals surface area contributed by atoms with E-state index in [9.17, 15) is 5.11 Å². The number of nitrogens with two attached hydrogens (primary N) is 1. The van der Waals surface area contributed by atoms with Gasteiger partial charge in [0.15, 0.2) is 0 Å². The van der Waals surface area contributed by atoms with Crippen LogP contribution in [0.15, 0.2) is 18.2 Å². The molecule has 2 aliphatic rings. The minimum atomic E-state index is -0.0913. The number of aryl methyl sites for hydroxylation is 1. The molecular weight excluding hydrogens is 212 g/mol. The van der Waals surface area contributed by atoms with Crippen LogP contribution in [0.3, 0.4) is 0 Å². The summed E-state index contributed by atoms with van der Waals surface area (Å²) >= 11 is 0. The van der Waals surface area contributed by atoms with E-state index in [4.69, 9.17) is 5.73 Å². The Hall–Kier alpha value is -1.22. The first kappa shape index (κ1) is 10.9. The molecule has 0 aromatic heterocycles. The molecule has 1 saturated heterocycles. The fraction of sp³-hybridized carbons (Fsp3) is 0.571. The Kier molecular flexibility index (Phi) is 2.51. The van der Waals surface area contributed by atoms with Gasteiger partial charge in [0.05, 0.1) is 6.10 Å². The number of rotatable bonds is 1. The second-order valence-electron chi connectivity index (χ2n) is 5.52. The van der Waals surface area contributed by atoms with Crippen LogP contribution >= 0.6 is 0 Å². The number of aliphatic hydroxyl groups is 1. The number of nitrogen functional groups attached to an aromatic ring is 1. The molecule has 3 N–H and O–H groups in total. The fourth-order valence-electron chi connectivity index (χ4n) is 3.40. The van der Waals surface area contributed by atoms with E-state index in [1.807, 2.05) is 6.07 Å². The predicted molar refractivity (Wildman–Crippen MR) is 70.0 cm³/mol. The first-order valence-corrected chi connectivity index (χ1v) is 6.44. The van der Waals surface area contributed by atoms with Crippen LogP contribution in [0.2, 0.25) is 0 Å². The molecule has 92 valence electrons. The molecule has 0 bridgehead atoms. The lowest BCUT2D eigenvalue weighted by Crippen LogP contribution is -2.25. The van der Waals surface area contributed by atoms with Crippen LogP contribution in [0.25, 0.3) is 0 Å². The van der Waals surface area contributed by atoms with Gasteiger partial charge in [0.2, 0.25) is 0 Å². The maximum atomic E-state index is 9.94. The van der Waals surface area contributed by atoms with Crippen LogP contribution in [0.5, 0.6) is 0 Å². The van der Waals surface area contributed by atoms with E-state index in [1.165, 1.54) is 17.7 Å². The van der Waals surface area contributed by atoms with Gasteiger partial charge in [-0.1, -0.05) is 6.07 Å². The lowest BCUT2D eigenvalue weighted by molar-refractivity contribution is 0.133. The van der Waals surface area contributed by atoms with Gasteiger partial charge in [0.1, 0.15) is 0 Å². The van der Waals surface area contributed by atoms with E-state index < -0.39 is 0 Å². The van der Waals surface area contributed by atoms with Gasteiger partial charge in [-0.05, 0) is 43.4 Å².